The van der Waals surface area contributed by atoms with Gasteiger partial charge in [-0.15, -0.1) is 0 Å². The van der Waals surface area contributed by atoms with Gasteiger partial charge in [0.2, 0.25) is 0 Å². The van der Waals surface area contributed by atoms with Gasteiger partial charge in [0, 0.05) is 12.1 Å². The van der Waals surface area contributed by atoms with E-state index in [1.807, 2.05) is 19.1 Å². The van der Waals surface area contributed by atoms with Gasteiger partial charge < -0.3 is 9.84 Å². The third kappa shape index (κ3) is 3.23. The van der Waals surface area contributed by atoms with E-state index in [4.69, 9.17) is 16.3 Å². The quantitative estimate of drug-likeness (QED) is 0.890. The number of aromatic nitrogens is 2. The summed E-state index contributed by atoms with van der Waals surface area (Å²) >= 11 is 9.45. The Bertz CT molecular complexity index is 601. The van der Waals surface area contributed by atoms with Crippen LogP contribution >= 0.6 is 27.5 Å². The Labute approximate surface area is 131 Å². The predicted octanol–water partition coefficient (Wildman–Crippen LogP) is 3.34. The van der Waals surface area contributed by atoms with Crippen molar-refractivity contribution in [2.24, 2.45) is 0 Å². The second-order valence-electron chi connectivity index (χ2n) is 4.50. The molecule has 6 heteroatoms. The summed E-state index contributed by atoms with van der Waals surface area (Å²) in [6, 6.07) is 5.49. The maximum Gasteiger partial charge on any atom is 0.122 e. The van der Waals surface area contributed by atoms with Crippen LogP contribution in [0.5, 0.6) is 0 Å². The molecule has 1 atom stereocenters. The summed E-state index contributed by atoms with van der Waals surface area (Å²) in [7, 11) is 1.64. The highest BCUT2D eigenvalue weighted by atomic mass is 79.9. The van der Waals surface area contributed by atoms with Crippen molar-refractivity contribution in [1.29, 1.82) is 0 Å². The largest absolute Gasteiger partial charge is 0.383 e. The number of rotatable bonds is 5. The van der Waals surface area contributed by atoms with E-state index in [9.17, 15) is 5.11 Å². The Morgan fingerprint density at radius 3 is 2.90 bits per heavy atom. The van der Waals surface area contributed by atoms with Crippen LogP contribution in [0, 0.1) is 6.92 Å². The van der Waals surface area contributed by atoms with Crippen molar-refractivity contribution in [2.45, 2.75) is 19.6 Å². The minimum Gasteiger partial charge on any atom is -0.383 e. The molecule has 1 unspecified atom stereocenters. The average Bonchev–Trinajstić information content (AvgIpc) is 2.80. The summed E-state index contributed by atoms with van der Waals surface area (Å²) in [4.78, 5) is 0. The average molecular weight is 360 g/mol. The predicted molar refractivity (Wildman–Crippen MR) is 82.1 cm³/mol. The molecule has 1 aromatic heterocycles. The first-order valence-electron chi connectivity index (χ1n) is 6.19. The number of hydrogen-bond acceptors (Lipinski definition) is 3. The van der Waals surface area contributed by atoms with Crippen LogP contribution < -0.4 is 0 Å². The van der Waals surface area contributed by atoms with Crippen molar-refractivity contribution in [2.75, 3.05) is 13.7 Å². The standard InChI is InChI=1S/C14H16BrClN2O2/c1-9-7-10(3-4-12(9)16)14(19)13-11(15)8-17-18(13)5-6-20-2/h3-4,7-8,14,19H,5-6H2,1-2H3. The molecule has 0 bridgehead atoms. The van der Waals surface area contributed by atoms with Crippen LogP contribution in [0.15, 0.2) is 28.9 Å². The van der Waals surface area contributed by atoms with Crippen LogP contribution in [-0.4, -0.2) is 28.6 Å². The normalized spacial score (nSPS) is 12.7. The van der Waals surface area contributed by atoms with E-state index in [1.165, 1.54) is 0 Å². The summed E-state index contributed by atoms with van der Waals surface area (Å²) in [6.07, 6.45) is 0.913. The summed E-state index contributed by atoms with van der Waals surface area (Å²) in [5, 5.41) is 15.5. The fraction of sp³-hybridized carbons (Fsp3) is 0.357. The number of aliphatic hydroxyl groups is 1. The molecule has 0 aliphatic carbocycles. The molecular weight excluding hydrogens is 344 g/mol. The molecule has 0 fully saturated rings. The highest BCUT2D eigenvalue weighted by molar-refractivity contribution is 9.10. The Kier molecular flexibility index (Phi) is 5.21. The van der Waals surface area contributed by atoms with E-state index < -0.39 is 6.10 Å². The van der Waals surface area contributed by atoms with E-state index in [1.54, 1.807) is 24.1 Å². The highest BCUT2D eigenvalue weighted by Crippen LogP contribution is 2.30. The van der Waals surface area contributed by atoms with Crippen LogP contribution in [-0.2, 0) is 11.3 Å². The monoisotopic (exact) mass is 358 g/mol. The van der Waals surface area contributed by atoms with E-state index in [2.05, 4.69) is 21.0 Å². The lowest BCUT2D eigenvalue weighted by molar-refractivity contribution is 0.171. The molecule has 0 radical (unpaired) electrons. The van der Waals surface area contributed by atoms with Gasteiger partial charge in [-0.25, -0.2) is 0 Å². The van der Waals surface area contributed by atoms with Gasteiger partial charge in [0.25, 0.3) is 0 Å². The zero-order valence-electron chi connectivity index (χ0n) is 11.3. The fourth-order valence-electron chi connectivity index (χ4n) is 2.00. The minimum absolute atomic E-state index is 0.535. The van der Waals surface area contributed by atoms with Gasteiger partial charge in [-0.1, -0.05) is 23.7 Å². The third-order valence-electron chi connectivity index (χ3n) is 3.10. The third-order valence-corrected chi connectivity index (χ3v) is 4.13. The number of nitrogens with zero attached hydrogens (tertiary/aromatic N) is 2. The molecular formula is C14H16BrClN2O2. The molecule has 0 saturated carbocycles. The lowest BCUT2D eigenvalue weighted by Gasteiger charge is -2.15. The van der Waals surface area contributed by atoms with Crippen LogP contribution in [0.2, 0.25) is 5.02 Å². The van der Waals surface area contributed by atoms with Gasteiger partial charge in [-0.3, -0.25) is 4.68 Å². The summed E-state index contributed by atoms with van der Waals surface area (Å²) in [5.74, 6) is 0. The highest BCUT2D eigenvalue weighted by Gasteiger charge is 2.20. The molecule has 1 heterocycles. The van der Waals surface area contributed by atoms with Gasteiger partial charge in [0.15, 0.2) is 0 Å². The first-order chi connectivity index (χ1) is 9.54. The molecule has 108 valence electrons. The first kappa shape index (κ1) is 15.5. The number of aliphatic hydroxyl groups excluding tert-OH is 1. The number of ether oxygens (including phenoxy) is 1. The molecule has 0 saturated heterocycles. The number of methoxy groups -OCH3 is 1. The second kappa shape index (κ2) is 6.72. The van der Waals surface area contributed by atoms with Crippen molar-refractivity contribution < 1.29 is 9.84 Å². The maximum atomic E-state index is 10.6. The Hall–Kier alpha value is -0.880. The van der Waals surface area contributed by atoms with Gasteiger partial charge in [-0.2, -0.15) is 5.10 Å². The molecule has 2 aromatic rings. The van der Waals surface area contributed by atoms with Crippen molar-refractivity contribution in [3.05, 3.63) is 50.7 Å². The smallest absolute Gasteiger partial charge is 0.122 e. The van der Waals surface area contributed by atoms with Crippen LogP contribution in [0.25, 0.3) is 0 Å². The lowest BCUT2D eigenvalue weighted by atomic mass is 10.0. The molecule has 0 aliphatic heterocycles. The number of aryl methyl sites for hydroxylation is 1. The van der Waals surface area contributed by atoms with Gasteiger partial charge in [0.1, 0.15) is 6.10 Å². The summed E-state index contributed by atoms with van der Waals surface area (Å²) in [5.41, 5.74) is 2.43. The fourth-order valence-corrected chi connectivity index (χ4v) is 2.63. The lowest BCUT2D eigenvalue weighted by Crippen LogP contribution is -2.13. The Morgan fingerprint density at radius 2 is 2.25 bits per heavy atom. The van der Waals surface area contributed by atoms with Gasteiger partial charge in [-0.05, 0) is 40.0 Å². The zero-order valence-corrected chi connectivity index (χ0v) is 13.6. The van der Waals surface area contributed by atoms with E-state index in [0.717, 1.165) is 15.6 Å². The molecule has 4 nitrogen and oxygen atoms in total. The van der Waals surface area contributed by atoms with Crippen LogP contribution in [0.3, 0.4) is 0 Å². The van der Waals surface area contributed by atoms with Gasteiger partial charge >= 0.3 is 0 Å². The van der Waals surface area contributed by atoms with E-state index in [0.29, 0.717) is 23.9 Å². The number of halogens is 2. The van der Waals surface area contributed by atoms with Crippen LogP contribution in [0.1, 0.15) is 22.9 Å². The van der Waals surface area contributed by atoms with Crippen molar-refractivity contribution >= 4 is 27.5 Å². The minimum atomic E-state index is -0.764. The number of benzene rings is 1. The maximum absolute atomic E-state index is 10.6. The van der Waals surface area contributed by atoms with Crippen molar-refractivity contribution in [1.82, 2.24) is 9.78 Å². The van der Waals surface area contributed by atoms with E-state index >= 15 is 0 Å². The Balaban J connectivity index is 2.34. The van der Waals surface area contributed by atoms with Gasteiger partial charge in [0.05, 0.1) is 29.5 Å². The molecule has 1 aromatic carbocycles. The Morgan fingerprint density at radius 1 is 1.50 bits per heavy atom. The SMILES string of the molecule is COCCn1ncc(Br)c1C(O)c1ccc(Cl)c(C)c1. The summed E-state index contributed by atoms with van der Waals surface area (Å²) < 4.78 is 7.57. The molecule has 2 rings (SSSR count). The molecule has 20 heavy (non-hydrogen) atoms. The number of hydrogen-bond donors (Lipinski definition) is 1. The first-order valence-corrected chi connectivity index (χ1v) is 7.36. The zero-order chi connectivity index (χ0) is 14.7. The molecule has 0 aliphatic rings. The van der Waals surface area contributed by atoms with E-state index in [-0.39, 0.29) is 0 Å². The molecule has 1 N–H and O–H groups in total. The molecule has 0 amide bonds. The van der Waals surface area contributed by atoms with Crippen LogP contribution in [0.4, 0.5) is 0 Å². The van der Waals surface area contributed by atoms with Crippen molar-refractivity contribution in [3.8, 4) is 0 Å². The van der Waals surface area contributed by atoms with Crippen molar-refractivity contribution in [3.63, 3.8) is 0 Å². The second-order valence-corrected chi connectivity index (χ2v) is 5.77. The topological polar surface area (TPSA) is 47.3 Å². The molecule has 0 spiro atoms. The summed E-state index contributed by atoms with van der Waals surface area (Å²) in [6.45, 7) is 3.03.